The zero-order valence-electron chi connectivity index (χ0n) is 26.8. The molecule has 224 valence electrons. The highest BCUT2D eigenvalue weighted by Gasteiger charge is 2.51. The van der Waals surface area contributed by atoms with Gasteiger partial charge in [0.2, 0.25) is 0 Å². The van der Waals surface area contributed by atoms with Crippen molar-refractivity contribution in [3.05, 3.63) is 127 Å². The van der Waals surface area contributed by atoms with E-state index in [1.54, 1.807) is 0 Å². The number of likely N-dealkylation sites (N-methyl/N-ethyl adjacent to an activating group) is 1. The van der Waals surface area contributed by atoms with Gasteiger partial charge in [-0.25, -0.2) is 4.48 Å². The standard InChI is InChI=1S/C38H44N6/c1-38-32(25-28-13-7-10-16-33(28)42(38)20-19-40(38)3)31-15-9-12-18-35(31)44(6)24-21-39(2)36(44)26-29-27-37-41(22-23-43(37,4)5)34-17-11-8-14-30(29)34/h7-25,29,36-37H,26-27H2,1-6H3/q+2/t29?,36?,37-,38?,44?/m0/s1. The lowest BCUT2D eigenvalue weighted by molar-refractivity contribution is -0.859. The van der Waals surface area contributed by atoms with Crippen LogP contribution in [0.15, 0.2) is 110 Å². The van der Waals surface area contributed by atoms with Gasteiger partial charge in [0.05, 0.1) is 39.2 Å². The van der Waals surface area contributed by atoms with E-state index in [0.717, 1.165) is 21.8 Å². The van der Waals surface area contributed by atoms with E-state index < -0.39 is 0 Å². The van der Waals surface area contributed by atoms with Crippen LogP contribution in [0.4, 0.5) is 17.1 Å². The number of fused-ring (bicyclic) bond motifs is 6. The first-order chi connectivity index (χ1) is 21.1. The first-order valence-corrected chi connectivity index (χ1v) is 15.9. The van der Waals surface area contributed by atoms with Gasteiger partial charge in [0, 0.05) is 68.1 Å². The number of hydrogen-bond acceptors (Lipinski definition) is 4. The zero-order chi connectivity index (χ0) is 30.4. The van der Waals surface area contributed by atoms with Gasteiger partial charge in [0.25, 0.3) is 0 Å². The lowest BCUT2D eigenvalue weighted by Crippen LogP contribution is -2.55. The van der Waals surface area contributed by atoms with Crippen molar-refractivity contribution < 1.29 is 4.48 Å². The first kappa shape index (κ1) is 27.3. The molecule has 0 bridgehead atoms. The average Bonchev–Trinajstić information content (AvgIpc) is 3.63. The van der Waals surface area contributed by atoms with E-state index in [2.05, 4.69) is 178 Å². The Morgan fingerprint density at radius 1 is 0.795 bits per heavy atom. The molecule has 6 heteroatoms. The topological polar surface area (TPSA) is 13.0 Å². The summed E-state index contributed by atoms with van der Waals surface area (Å²) in [5, 5.41) is 0. The largest absolute Gasteiger partial charge is 0.353 e. The molecule has 0 saturated carbocycles. The predicted molar refractivity (Wildman–Crippen MR) is 183 cm³/mol. The van der Waals surface area contributed by atoms with Gasteiger partial charge in [-0.05, 0) is 42.3 Å². The number of nitrogens with zero attached hydrogens (tertiary/aromatic N) is 6. The molecule has 0 spiro atoms. The van der Waals surface area contributed by atoms with Crippen molar-refractivity contribution in [3.63, 3.8) is 0 Å². The summed E-state index contributed by atoms with van der Waals surface area (Å²) < 4.78 is 1.63. The van der Waals surface area contributed by atoms with Crippen LogP contribution in [0.1, 0.15) is 42.4 Å². The van der Waals surface area contributed by atoms with Crippen LogP contribution in [-0.2, 0) is 0 Å². The Morgan fingerprint density at radius 3 is 2.36 bits per heavy atom. The van der Waals surface area contributed by atoms with Crippen LogP contribution in [0.5, 0.6) is 0 Å². The molecule has 4 unspecified atom stereocenters. The first-order valence-electron chi connectivity index (χ1n) is 15.9. The van der Waals surface area contributed by atoms with Crippen LogP contribution >= 0.6 is 0 Å². The van der Waals surface area contributed by atoms with Gasteiger partial charge in [0.1, 0.15) is 23.8 Å². The van der Waals surface area contributed by atoms with Gasteiger partial charge in [-0.1, -0.05) is 48.5 Å². The molecular formula is C38H44N6+2. The highest BCUT2D eigenvalue weighted by atomic mass is 15.5. The number of benzene rings is 3. The quantitative estimate of drug-likeness (QED) is 0.303. The highest BCUT2D eigenvalue weighted by Crippen LogP contribution is 2.52. The summed E-state index contributed by atoms with van der Waals surface area (Å²) in [5.41, 5.74) is 9.02. The molecule has 0 aliphatic carbocycles. The number of anilines is 2. The van der Waals surface area contributed by atoms with Crippen molar-refractivity contribution in [2.75, 3.05) is 45.0 Å². The van der Waals surface area contributed by atoms with Crippen LogP contribution in [0, 0.1) is 0 Å². The molecule has 0 amide bonds. The molecule has 44 heavy (non-hydrogen) atoms. The van der Waals surface area contributed by atoms with E-state index in [0.29, 0.717) is 12.1 Å². The maximum absolute atomic E-state index is 2.51. The molecular weight excluding hydrogens is 540 g/mol. The van der Waals surface area contributed by atoms with E-state index in [4.69, 9.17) is 0 Å². The van der Waals surface area contributed by atoms with Crippen LogP contribution in [0.2, 0.25) is 0 Å². The second kappa shape index (κ2) is 9.37. The minimum atomic E-state index is -0.320. The van der Waals surface area contributed by atoms with E-state index in [1.165, 1.54) is 39.3 Å². The van der Waals surface area contributed by atoms with Crippen molar-refractivity contribution in [2.45, 2.75) is 43.7 Å². The van der Waals surface area contributed by atoms with Crippen molar-refractivity contribution in [1.82, 2.24) is 14.3 Å². The third-order valence-corrected chi connectivity index (χ3v) is 11.4. The molecule has 0 N–H and O–H groups in total. The molecule has 3 aromatic carbocycles. The Labute approximate surface area is 262 Å². The molecule has 0 radical (unpaired) electrons. The summed E-state index contributed by atoms with van der Waals surface area (Å²) in [6, 6.07) is 27.0. The zero-order valence-corrected chi connectivity index (χ0v) is 26.8. The van der Waals surface area contributed by atoms with E-state index in [9.17, 15) is 0 Å². The third-order valence-electron chi connectivity index (χ3n) is 11.4. The molecule has 6 nitrogen and oxygen atoms in total. The summed E-state index contributed by atoms with van der Waals surface area (Å²) in [6.07, 6.45) is 19.1. The fourth-order valence-electron chi connectivity index (χ4n) is 8.60. The second-order valence-corrected chi connectivity index (χ2v) is 14.1. The molecule has 5 aliphatic rings. The van der Waals surface area contributed by atoms with Crippen LogP contribution < -0.4 is 14.3 Å². The number of hydrogen-bond donors (Lipinski definition) is 0. The van der Waals surface area contributed by atoms with Crippen LogP contribution in [0.3, 0.4) is 0 Å². The minimum Gasteiger partial charge on any atom is -0.353 e. The van der Waals surface area contributed by atoms with Gasteiger partial charge < -0.3 is 14.7 Å². The van der Waals surface area contributed by atoms with Crippen molar-refractivity contribution in [2.24, 2.45) is 0 Å². The fourth-order valence-corrected chi connectivity index (χ4v) is 8.60. The Balaban J connectivity index is 1.22. The molecule has 0 saturated heterocycles. The Kier molecular flexibility index (Phi) is 5.81. The Morgan fingerprint density at radius 2 is 1.52 bits per heavy atom. The number of rotatable bonds is 4. The monoisotopic (exact) mass is 584 g/mol. The van der Waals surface area contributed by atoms with Crippen molar-refractivity contribution in [3.8, 4) is 0 Å². The summed E-state index contributed by atoms with van der Waals surface area (Å²) in [6.45, 7) is 2.36. The van der Waals surface area contributed by atoms with Gasteiger partial charge in [-0.2, -0.15) is 0 Å². The summed E-state index contributed by atoms with van der Waals surface area (Å²) >= 11 is 0. The average molecular weight is 585 g/mol. The molecule has 5 aliphatic heterocycles. The van der Waals surface area contributed by atoms with Gasteiger partial charge in [0.15, 0.2) is 12.3 Å². The molecule has 0 aromatic heterocycles. The van der Waals surface area contributed by atoms with Crippen molar-refractivity contribution >= 4 is 28.7 Å². The lowest BCUT2D eigenvalue weighted by Gasteiger charge is -2.48. The predicted octanol–water partition coefficient (Wildman–Crippen LogP) is 7.13. The normalized spacial score (nSPS) is 30.8. The van der Waals surface area contributed by atoms with E-state index in [-0.39, 0.29) is 11.8 Å². The number of quaternary nitrogens is 2. The van der Waals surface area contributed by atoms with Gasteiger partial charge >= 0.3 is 0 Å². The Bertz CT molecular complexity index is 1770. The fraction of sp³-hybridized carbons (Fsp3) is 0.316. The van der Waals surface area contributed by atoms with Crippen LogP contribution in [-0.4, -0.2) is 67.5 Å². The SMILES string of the molecule is CN1C=C[N+](C)(c2ccccc2C2=Cc3ccccc3N3C=CN(C)C23C)C1CC1C[C@H]2N(C=C[N+]2(C)C)c2ccccc21. The Hall–Kier alpha value is -4.26. The van der Waals surface area contributed by atoms with Crippen molar-refractivity contribution in [1.29, 1.82) is 0 Å². The molecule has 8 rings (SSSR count). The molecule has 3 aromatic rings. The summed E-state index contributed by atoms with van der Waals surface area (Å²) in [7, 11) is 11.5. The third kappa shape index (κ3) is 3.67. The maximum atomic E-state index is 2.51. The smallest absolute Gasteiger partial charge is 0.173 e. The summed E-state index contributed by atoms with van der Waals surface area (Å²) in [5.74, 6) is 0.459. The maximum Gasteiger partial charge on any atom is 0.173 e. The molecule has 5 atom stereocenters. The number of para-hydroxylation sites is 3. The molecule has 5 heterocycles. The molecule has 0 fully saturated rings. The minimum absolute atomic E-state index is 0.269. The lowest BCUT2D eigenvalue weighted by atomic mass is 9.83. The van der Waals surface area contributed by atoms with Crippen LogP contribution in [0.25, 0.3) is 11.6 Å². The van der Waals surface area contributed by atoms with E-state index in [1.807, 2.05) is 0 Å². The summed E-state index contributed by atoms with van der Waals surface area (Å²) in [4.78, 5) is 9.77. The second-order valence-electron chi connectivity index (χ2n) is 14.1. The van der Waals surface area contributed by atoms with Gasteiger partial charge in [-0.3, -0.25) is 9.38 Å². The van der Waals surface area contributed by atoms with Gasteiger partial charge in [-0.15, -0.1) is 0 Å². The highest BCUT2D eigenvalue weighted by molar-refractivity contribution is 5.99. The van der Waals surface area contributed by atoms with E-state index >= 15 is 0 Å².